The van der Waals surface area contributed by atoms with Gasteiger partial charge in [-0.25, -0.2) is 13.3 Å². The summed E-state index contributed by atoms with van der Waals surface area (Å²) in [5.41, 5.74) is -0.105. The summed E-state index contributed by atoms with van der Waals surface area (Å²) < 4.78 is 32.4. The molecule has 9 nitrogen and oxygen atoms in total. The molecule has 10 heteroatoms. The second kappa shape index (κ2) is 7.48. The Kier molecular flexibility index (Phi) is 5.28. The molecule has 2 saturated heterocycles. The number of amides is 2. The fraction of sp³-hybridized carbons (Fsp3) is 0.737. The van der Waals surface area contributed by atoms with E-state index >= 15 is 0 Å². The van der Waals surface area contributed by atoms with Crippen LogP contribution in [-0.2, 0) is 19.6 Å². The molecular formula is C19H29N4O5S+. The molecule has 2 amide bonds. The number of nitrogens with zero attached hydrogens (tertiary/aromatic N) is 3. The summed E-state index contributed by atoms with van der Waals surface area (Å²) in [6.07, 6.45) is 5.12. The zero-order valence-electron chi connectivity index (χ0n) is 17.1. The van der Waals surface area contributed by atoms with E-state index in [1.165, 1.54) is 9.21 Å². The number of sulfonamides is 1. The maximum absolute atomic E-state index is 13.0. The first-order valence-corrected chi connectivity index (χ1v) is 11.8. The molecule has 0 bridgehead atoms. The smallest absolute Gasteiger partial charge is 0.248 e. The first-order chi connectivity index (χ1) is 13.7. The van der Waals surface area contributed by atoms with Crippen molar-refractivity contribution < 1.29 is 27.4 Å². The monoisotopic (exact) mass is 425 g/mol. The average molecular weight is 426 g/mol. The summed E-state index contributed by atoms with van der Waals surface area (Å²) in [6.45, 7) is 5.32. The first-order valence-electron chi connectivity index (χ1n) is 10.4. The van der Waals surface area contributed by atoms with Crippen molar-refractivity contribution >= 4 is 21.8 Å². The Bertz CT molecular complexity index is 892. The molecule has 3 heterocycles. The lowest BCUT2D eigenvalue weighted by Crippen LogP contribution is -3.16. The van der Waals surface area contributed by atoms with E-state index < -0.39 is 15.4 Å². The van der Waals surface area contributed by atoms with Crippen molar-refractivity contribution in [3.05, 3.63) is 11.5 Å². The molecule has 29 heavy (non-hydrogen) atoms. The van der Waals surface area contributed by atoms with Crippen LogP contribution in [0.5, 0.6) is 0 Å². The van der Waals surface area contributed by atoms with Gasteiger partial charge in [0.15, 0.2) is 12.4 Å². The summed E-state index contributed by atoms with van der Waals surface area (Å²) in [5, 5.41) is 3.75. The maximum Gasteiger partial charge on any atom is 0.248 e. The van der Waals surface area contributed by atoms with Gasteiger partial charge in [0, 0.05) is 6.42 Å². The van der Waals surface area contributed by atoms with Crippen molar-refractivity contribution in [1.29, 1.82) is 0 Å². The SMILES string of the molecule is Cc1noc(C)c1S(=O)(=O)N1CC[NH+](CN2C(=O)CC3(CCCCC3)C2=O)CC1. The Morgan fingerprint density at radius 2 is 1.76 bits per heavy atom. The third-order valence-electron chi connectivity index (χ3n) is 6.68. The maximum atomic E-state index is 13.0. The third-order valence-corrected chi connectivity index (χ3v) is 8.82. The fourth-order valence-corrected chi connectivity index (χ4v) is 6.77. The van der Waals surface area contributed by atoms with Gasteiger partial charge >= 0.3 is 0 Å². The minimum Gasteiger partial charge on any atom is -0.360 e. The molecule has 1 aliphatic carbocycles. The molecule has 1 spiro atoms. The van der Waals surface area contributed by atoms with Crippen molar-refractivity contribution in [3.63, 3.8) is 0 Å². The molecule has 0 unspecified atom stereocenters. The predicted molar refractivity (Wildman–Crippen MR) is 102 cm³/mol. The highest BCUT2D eigenvalue weighted by Gasteiger charge is 2.52. The number of aromatic nitrogens is 1. The Hall–Kier alpha value is -1.78. The van der Waals surface area contributed by atoms with Crippen LogP contribution in [0.15, 0.2) is 9.42 Å². The molecule has 3 fully saturated rings. The van der Waals surface area contributed by atoms with Gasteiger partial charge < -0.3 is 9.42 Å². The standard InChI is InChI=1S/C19H28N4O5S/c1-14-17(15(2)28-20-14)29(26,27)22-10-8-21(9-11-22)13-23-16(24)12-19(18(23)25)6-4-3-5-7-19/h3-13H2,1-2H3/p+1. The van der Waals surface area contributed by atoms with Gasteiger partial charge in [0.25, 0.3) is 0 Å². The third kappa shape index (κ3) is 3.51. The highest BCUT2D eigenvalue weighted by molar-refractivity contribution is 7.89. The quantitative estimate of drug-likeness (QED) is 0.673. The number of piperazine rings is 1. The second-order valence-corrected chi connectivity index (χ2v) is 10.5. The Labute approximate surface area is 171 Å². The Balaban J connectivity index is 1.39. The van der Waals surface area contributed by atoms with Crippen LogP contribution in [0.4, 0.5) is 0 Å². The van der Waals surface area contributed by atoms with Crippen molar-refractivity contribution in [3.8, 4) is 0 Å². The number of likely N-dealkylation sites (tertiary alicyclic amines) is 1. The number of hydrogen-bond acceptors (Lipinski definition) is 6. The number of carbonyl (C=O) groups is 2. The summed E-state index contributed by atoms with van der Waals surface area (Å²) in [5.74, 6) is 0.207. The van der Waals surface area contributed by atoms with Crippen LogP contribution in [0.25, 0.3) is 0 Å². The Morgan fingerprint density at radius 1 is 1.10 bits per heavy atom. The van der Waals surface area contributed by atoms with Gasteiger partial charge in [0.1, 0.15) is 10.6 Å². The van der Waals surface area contributed by atoms with Crippen LogP contribution < -0.4 is 4.90 Å². The van der Waals surface area contributed by atoms with E-state index in [4.69, 9.17) is 4.52 Å². The summed E-state index contributed by atoms with van der Waals surface area (Å²) >= 11 is 0. The molecule has 160 valence electrons. The summed E-state index contributed by atoms with van der Waals surface area (Å²) in [4.78, 5) is 28.2. The zero-order chi connectivity index (χ0) is 20.8. The predicted octanol–water partition coefficient (Wildman–Crippen LogP) is -0.152. The zero-order valence-corrected chi connectivity index (χ0v) is 17.9. The molecule has 2 aliphatic heterocycles. The normalized spacial score (nSPS) is 24.0. The van der Waals surface area contributed by atoms with E-state index in [-0.39, 0.29) is 16.7 Å². The molecule has 0 aromatic carbocycles. The van der Waals surface area contributed by atoms with Gasteiger partial charge in [-0.05, 0) is 26.7 Å². The highest BCUT2D eigenvalue weighted by Crippen LogP contribution is 2.44. The van der Waals surface area contributed by atoms with E-state index in [0.717, 1.165) is 37.0 Å². The van der Waals surface area contributed by atoms with Crippen LogP contribution in [0.1, 0.15) is 50.0 Å². The lowest BCUT2D eigenvalue weighted by atomic mass is 9.73. The molecule has 1 aromatic rings. The van der Waals surface area contributed by atoms with E-state index in [1.807, 2.05) is 0 Å². The van der Waals surface area contributed by atoms with Gasteiger partial charge in [-0.15, -0.1) is 0 Å². The number of quaternary nitrogens is 1. The van der Waals surface area contributed by atoms with Crippen LogP contribution in [0.2, 0.25) is 0 Å². The van der Waals surface area contributed by atoms with Crippen molar-refractivity contribution in [2.75, 3.05) is 32.8 Å². The molecular weight excluding hydrogens is 396 g/mol. The topological polar surface area (TPSA) is 105 Å². The number of aryl methyl sites for hydroxylation is 2. The summed E-state index contributed by atoms with van der Waals surface area (Å²) in [6, 6.07) is 0. The molecule has 0 atom stereocenters. The van der Waals surface area contributed by atoms with Gasteiger partial charge in [0.05, 0.1) is 31.6 Å². The number of imide groups is 1. The van der Waals surface area contributed by atoms with Crippen LogP contribution >= 0.6 is 0 Å². The van der Waals surface area contributed by atoms with Crippen molar-refractivity contribution in [2.24, 2.45) is 5.41 Å². The lowest BCUT2D eigenvalue weighted by Gasteiger charge is -2.34. The Morgan fingerprint density at radius 3 is 2.34 bits per heavy atom. The molecule has 0 radical (unpaired) electrons. The lowest BCUT2D eigenvalue weighted by molar-refractivity contribution is -0.910. The molecule has 1 aromatic heterocycles. The minimum absolute atomic E-state index is 0.0135. The van der Waals surface area contributed by atoms with Crippen LogP contribution in [-0.4, -0.2) is 67.4 Å². The van der Waals surface area contributed by atoms with Gasteiger partial charge in [-0.3, -0.25) is 9.59 Å². The molecule has 3 aliphatic rings. The minimum atomic E-state index is -3.66. The van der Waals surface area contributed by atoms with E-state index in [1.54, 1.807) is 13.8 Å². The average Bonchev–Trinajstić information content (AvgIpc) is 3.14. The van der Waals surface area contributed by atoms with E-state index in [0.29, 0.717) is 50.7 Å². The van der Waals surface area contributed by atoms with Crippen LogP contribution in [0, 0.1) is 19.3 Å². The van der Waals surface area contributed by atoms with Crippen molar-refractivity contribution in [2.45, 2.75) is 57.3 Å². The molecule has 1 saturated carbocycles. The highest BCUT2D eigenvalue weighted by atomic mass is 32.2. The number of hydrogen-bond donors (Lipinski definition) is 1. The van der Waals surface area contributed by atoms with Crippen LogP contribution in [0.3, 0.4) is 0 Å². The second-order valence-electron chi connectivity index (χ2n) is 8.61. The summed E-state index contributed by atoms with van der Waals surface area (Å²) in [7, 11) is -3.66. The van der Waals surface area contributed by atoms with E-state index in [2.05, 4.69) is 5.16 Å². The number of nitrogens with one attached hydrogen (secondary N) is 1. The molecule has 4 rings (SSSR count). The molecule has 1 N–H and O–H groups in total. The van der Waals surface area contributed by atoms with Crippen molar-refractivity contribution in [1.82, 2.24) is 14.4 Å². The van der Waals surface area contributed by atoms with Gasteiger partial charge in [-0.2, -0.15) is 4.31 Å². The van der Waals surface area contributed by atoms with E-state index in [9.17, 15) is 18.0 Å². The first kappa shape index (κ1) is 20.5. The number of carbonyl (C=O) groups excluding carboxylic acids is 2. The largest absolute Gasteiger partial charge is 0.360 e. The van der Waals surface area contributed by atoms with Gasteiger partial charge in [-0.1, -0.05) is 24.4 Å². The van der Waals surface area contributed by atoms with Gasteiger partial charge in [0.2, 0.25) is 21.8 Å². The fourth-order valence-electron chi connectivity index (χ4n) is 5.04. The number of rotatable bonds is 4.